The van der Waals surface area contributed by atoms with Crippen molar-refractivity contribution in [2.24, 2.45) is 0 Å². The first-order valence-corrected chi connectivity index (χ1v) is 6.74. The molecule has 0 aliphatic heterocycles. The number of Topliss-reactive ketones (excluding diaryl/α,β-unsaturated/α-hetero) is 1. The number of nitrogens with zero attached hydrogens (tertiary/aromatic N) is 1. The highest BCUT2D eigenvalue weighted by Crippen LogP contribution is 2.18. The van der Waals surface area contributed by atoms with Gasteiger partial charge in [0.2, 0.25) is 0 Å². The topological polar surface area (TPSA) is 98.5 Å². The number of hydrogen-bond donors (Lipinski definition) is 1. The molecule has 0 radical (unpaired) electrons. The van der Waals surface area contributed by atoms with Crippen LogP contribution in [0.1, 0.15) is 17.3 Å². The van der Waals surface area contributed by atoms with Crippen LogP contribution in [0.5, 0.6) is 5.75 Å². The van der Waals surface area contributed by atoms with E-state index in [0.29, 0.717) is 17.0 Å². The van der Waals surface area contributed by atoms with Gasteiger partial charge in [-0.1, -0.05) is 12.1 Å². The van der Waals surface area contributed by atoms with E-state index in [1.54, 1.807) is 24.3 Å². The Kier molecular flexibility index (Phi) is 5.03. The Morgan fingerprint density at radius 2 is 1.78 bits per heavy atom. The molecular weight excluding hydrogens is 300 g/mol. The highest BCUT2D eigenvalue weighted by Gasteiger charge is 2.10. The van der Waals surface area contributed by atoms with Crippen molar-refractivity contribution >= 4 is 23.1 Å². The van der Waals surface area contributed by atoms with Crippen LogP contribution in [-0.2, 0) is 4.79 Å². The number of ether oxygens (including phenoxy) is 1. The van der Waals surface area contributed by atoms with Gasteiger partial charge in [0.05, 0.1) is 10.6 Å². The molecule has 0 unspecified atom stereocenters. The van der Waals surface area contributed by atoms with Gasteiger partial charge in [-0.3, -0.25) is 19.7 Å². The molecule has 0 aliphatic carbocycles. The molecule has 1 N–H and O–H groups in total. The summed E-state index contributed by atoms with van der Waals surface area (Å²) in [6.07, 6.45) is 0. The summed E-state index contributed by atoms with van der Waals surface area (Å²) < 4.78 is 5.26. The fourth-order valence-corrected chi connectivity index (χ4v) is 1.90. The summed E-state index contributed by atoms with van der Waals surface area (Å²) in [5.41, 5.74) is 0.769. The average Bonchev–Trinajstić information content (AvgIpc) is 2.53. The summed E-state index contributed by atoms with van der Waals surface area (Å²) in [7, 11) is 0. The summed E-state index contributed by atoms with van der Waals surface area (Å²) in [6.45, 7) is 1.14. The molecular formula is C16H14N2O5. The smallest absolute Gasteiger partial charge is 0.269 e. The number of carbonyl (C=O) groups excluding carboxylic acids is 2. The van der Waals surface area contributed by atoms with Gasteiger partial charge in [-0.15, -0.1) is 0 Å². The predicted octanol–water partition coefficient (Wildman–Crippen LogP) is 2.81. The molecule has 2 aromatic rings. The van der Waals surface area contributed by atoms with E-state index in [1.165, 1.54) is 31.2 Å². The molecule has 0 heterocycles. The Hall–Kier alpha value is -3.22. The number of amides is 1. The minimum absolute atomic E-state index is 0.0582. The first kappa shape index (κ1) is 16.2. The number of benzene rings is 2. The van der Waals surface area contributed by atoms with Crippen LogP contribution in [0.4, 0.5) is 11.4 Å². The molecule has 118 valence electrons. The second-order valence-corrected chi connectivity index (χ2v) is 4.69. The number of nitro groups is 1. The maximum absolute atomic E-state index is 11.9. The Balaban J connectivity index is 1.95. The number of nitro benzene ring substituents is 1. The molecule has 2 aromatic carbocycles. The lowest BCUT2D eigenvalue weighted by molar-refractivity contribution is -0.384. The van der Waals surface area contributed by atoms with E-state index in [0.717, 1.165) is 0 Å². The third-order valence-electron chi connectivity index (χ3n) is 3.00. The van der Waals surface area contributed by atoms with Crippen LogP contribution in [0.2, 0.25) is 0 Å². The van der Waals surface area contributed by atoms with E-state index < -0.39 is 10.8 Å². The zero-order valence-corrected chi connectivity index (χ0v) is 12.3. The maximum Gasteiger partial charge on any atom is 0.269 e. The minimum Gasteiger partial charge on any atom is -0.484 e. The molecule has 0 aliphatic rings. The molecule has 23 heavy (non-hydrogen) atoms. The van der Waals surface area contributed by atoms with E-state index in [1.807, 2.05) is 0 Å². The number of ketones is 1. The summed E-state index contributed by atoms with van der Waals surface area (Å²) >= 11 is 0. The summed E-state index contributed by atoms with van der Waals surface area (Å²) in [5.74, 6) is -0.250. The van der Waals surface area contributed by atoms with E-state index in [4.69, 9.17) is 4.74 Å². The van der Waals surface area contributed by atoms with Crippen LogP contribution >= 0.6 is 0 Å². The number of nitrogens with one attached hydrogen (secondary N) is 1. The van der Waals surface area contributed by atoms with Gasteiger partial charge < -0.3 is 10.1 Å². The molecule has 7 nitrogen and oxygen atoms in total. The molecule has 0 aromatic heterocycles. The van der Waals surface area contributed by atoms with E-state index >= 15 is 0 Å². The number of carbonyl (C=O) groups is 2. The Labute approximate surface area is 132 Å². The van der Waals surface area contributed by atoms with Gasteiger partial charge in [0.25, 0.3) is 11.6 Å². The number of para-hydroxylation sites is 1. The number of hydrogen-bond acceptors (Lipinski definition) is 5. The summed E-state index contributed by atoms with van der Waals surface area (Å²) in [6, 6.07) is 12.1. The van der Waals surface area contributed by atoms with Crippen LogP contribution in [0.25, 0.3) is 0 Å². The van der Waals surface area contributed by atoms with E-state index in [-0.39, 0.29) is 18.1 Å². The second-order valence-electron chi connectivity index (χ2n) is 4.69. The van der Waals surface area contributed by atoms with Gasteiger partial charge in [-0.05, 0) is 31.2 Å². The highest BCUT2D eigenvalue weighted by molar-refractivity contribution is 6.03. The van der Waals surface area contributed by atoms with Crippen molar-refractivity contribution in [2.45, 2.75) is 6.92 Å². The number of rotatable bonds is 6. The fourth-order valence-electron chi connectivity index (χ4n) is 1.90. The molecule has 1 amide bonds. The van der Waals surface area contributed by atoms with Crippen molar-refractivity contribution in [3.63, 3.8) is 0 Å². The first-order valence-electron chi connectivity index (χ1n) is 6.74. The maximum atomic E-state index is 11.9. The van der Waals surface area contributed by atoms with Gasteiger partial charge in [0, 0.05) is 17.7 Å². The van der Waals surface area contributed by atoms with Gasteiger partial charge in [0.15, 0.2) is 12.4 Å². The standard InChI is InChI=1S/C16H14N2O5/c1-11(19)14-4-2-3-5-15(14)17-16(20)10-23-13-8-6-12(7-9-13)18(21)22/h2-9H,10H2,1H3,(H,17,20). The summed E-state index contributed by atoms with van der Waals surface area (Å²) in [4.78, 5) is 33.4. The third-order valence-corrected chi connectivity index (χ3v) is 3.00. The van der Waals surface area contributed by atoms with Crippen molar-refractivity contribution in [1.82, 2.24) is 0 Å². The van der Waals surface area contributed by atoms with Crippen LogP contribution in [-0.4, -0.2) is 23.2 Å². The van der Waals surface area contributed by atoms with Crippen molar-refractivity contribution in [3.05, 3.63) is 64.2 Å². The van der Waals surface area contributed by atoms with E-state index in [9.17, 15) is 19.7 Å². The van der Waals surface area contributed by atoms with Gasteiger partial charge in [-0.25, -0.2) is 0 Å². The quantitative estimate of drug-likeness (QED) is 0.502. The molecule has 2 rings (SSSR count). The Bertz CT molecular complexity index is 740. The molecule has 0 saturated carbocycles. The largest absolute Gasteiger partial charge is 0.484 e. The van der Waals surface area contributed by atoms with Crippen molar-refractivity contribution in [1.29, 1.82) is 0 Å². The number of anilines is 1. The second kappa shape index (κ2) is 7.17. The minimum atomic E-state index is -0.519. The average molecular weight is 314 g/mol. The van der Waals surface area contributed by atoms with Crippen molar-refractivity contribution in [2.75, 3.05) is 11.9 Å². The zero-order valence-electron chi connectivity index (χ0n) is 12.3. The normalized spacial score (nSPS) is 9.96. The SMILES string of the molecule is CC(=O)c1ccccc1NC(=O)COc1ccc([N+](=O)[O-])cc1. The molecule has 0 atom stereocenters. The zero-order chi connectivity index (χ0) is 16.8. The van der Waals surface area contributed by atoms with Crippen molar-refractivity contribution in [3.8, 4) is 5.75 Å². The fraction of sp³-hybridized carbons (Fsp3) is 0.125. The lowest BCUT2D eigenvalue weighted by Gasteiger charge is -2.10. The Morgan fingerprint density at radius 1 is 1.13 bits per heavy atom. The monoisotopic (exact) mass is 314 g/mol. The molecule has 0 spiro atoms. The molecule has 7 heteroatoms. The van der Waals surface area contributed by atoms with Crippen LogP contribution in [0.15, 0.2) is 48.5 Å². The summed E-state index contributed by atoms with van der Waals surface area (Å²) in [5, 5.41) is 13.1. The van der Waals surface area contributed by atoms with Gasteiger partial charge in [0.1, 0.15) is 5.75 Å². The number of non-ortho nitro benzene ring substituents is 1. The van der Waals surface area contributed by atoms with Crippen LogP contribution < -0.4 is 10.1 Å². The van der Waals surface area contributed by atoms with E-state index in [2.05, 4.69) is 5.32 Å². The van der Waals surface area contributed by atoms with Gasteiger partial charge in [-0.2, -0.15) is 0 Å². The third kappa shape index (κ3) is 4.37. The van der Waals surface area contributed by atoms with Gasteiger partial charge >= 0.3 is 0 Å². The van der Waals surface area contributed by atoms with Crippen molar-refractivity contribution < 1.29 is 19.2 Å². The lowest BCUT2D eigenvalue weighted by atomic mass is 10.1. The van der Waals surface area contributed by atoms with Crippen LogP contribution in [0.3, 0.4) is 0 Å². The predicted molar refractivity (Wildman–Crippen MR) is 83.7 cm³/mol. The highest BCUT2D eigenvalue weighted by atomic mass is 16.6. The molecule has 0 saturated heterocycles. The Morgan fingerprint density at radius 3 is 2.39 bits per heavy atom. The lowest BCUT2D eigenvalue weighted by Crippen LogP contribution is -2.21. The molecule has 0 fully saturated rings. The van der Waals surface area contributed by atoms with Crippen LogP contribution in [0, 0.1) is 10.1 Å². The molecule has 0 bridgehead atoms. The first-order chi connectivity index (χ1) is 11.0.